The quantitative estimate of drug-likeness (QED) is 0.523. The molecule has 0 atom stereocenters. The largest absolute Gasteiger partial charge is 0.506 e. The second kappa shape index (κ2) is 4.49. The number of phenols is 5. The third-order valence-electron chi connectivity index (χ3n) is 2.60. The molecule has 0 radical (unpaired) electrons. The van der Waals surface area contributed by atoms with Crippen LogP contribution in [-0.2, 0) is 9.84 Å². The van der Waals surface area contributed by atoms with Gasteiger partial charge >= 0.3 is 0 Å². The Kier molecular flexibility index (Phi) is 3.10. The van der Waals surface area contributed by atoms with Crippen LogP contribution in [0, 0.1) is 0 Å². The minimum absolute atomic E-state index is 0.595. The Morgan fingerprint density at radius 2 is 1.20 bits per heavy atom. The van der Waals surface area contributed by atoms with Gasteiger partial charge in [0.2, 0.25) is 9.84 Å². The molecule has 106 valence electrons. The Hall–Kier alpha value is -2.61. The Balaban J connectivity index is 2.74. The second-order valence-electron chi connectivity index (χ2n) is 3.94. The zero-order valence-corrected chi connectivity index (χ0v) is 10.7. The summed E-state index contributed by atoms with van der Waals surface area (Å²) in [6.45, 7) is 0. The summed E-state index contributed by atoms with van der Waals surface area (Å²) >= 11 is 0. The van der Waals surface area contributed by atoms with Gasteiger partial charge in [0.15, 0.2) is 22.1 Å². The van der Waals surface area contributed by atoms with Crippen LogP contribution in [0.2, 0.25) is 0 Å². The van der Waals surface area contributed by atoms with Gasteiger partial charge in [-0.2, -0.15) is 0 Å². The number of phenolic OH excluding ortho intramolecular Hbond substituents is 5. The molecular weight excluding hydrogens is 288 g/mol. The van der Waals surface area contributed by atoms with E-state index in [1.165, 1.54) is 6.07 Å². The summed E-state index contributed by atoms with van der Waals surface area (Å²) in [6.07, 6.45) is 0. The van der Waals surface area contributed by atoms with Gasteiger partial charge in [-0.3, -0.25) is 0 Å². The van der Waals surface area contributed by atoms with Crippen LogP contribution in [0.1, 0.15) is 0 Å². The summed E-state index contributed by atoms with van der Waals surface area (Å²) in [4.78, 5) is -1.36. The van der Waals surface area contributed by atoms with Crippen LogP contribution in [0.15, 0.2) is 40.1 Å². The maximum Gasteiger partial charge on any atom is 0.214 e. The third-order valence-corrected chi connectivity index (χ3v) is 4.41. The molecule has 0 spiro atoms. The highest BCUT2D eigenvalue weighted by Crippen LogP contribution is 2.41. The fourth-order valence-electron chi connectivity index (χ4n) is 1.64. The van der Waals surface area contributed by atoms with Gasteiger partial charge in [0, 0.05) is 12.1 Å². The van der Waals surface area contributed by atoms with Gasteiger partial charge in [-0.05, 0) is 12.1 Å². The molecule has 2 aromatic carbocycles. The van der Waals surface area contributed by atoms with Gasteiger partial charge in [-0.1, -0.05) is 6.07 Å². The standard InChI is InChI=1S/C12H10O7S/c13-7-2-1-3-8(14)12(7)20(18,19)6-4-9(15)11(17)10(16)5-6/h1-5,13-17H. The second-order valence-corrected chi connectivity index (χ2v) is 5.83. The maximum absolute atomic E-state index is 12.3. The molecule has 2 rings (SSSR count). The lowest BCUT2D eigenvalue weighted by molar-refractivity contribution is 0.365. The molecule has 20 heavy (non-hydrogen) atoms. The third kappa shape index (κ3) is 2.05. The van der Waals surface area contributed by atoms with Crippen LogP contribution in [-0.4, -0.2) is 34.0 Å². The molecule has 0 aliphatic heterocycles. The van der Waals surface area contributed by atoms with Crippen molar-refractivity contribution in [2.45, 2.75) is 9.79 Å². The van der Waals surface area contributed by atoms with Crippen LogP contribution < -0.4 is 0 Å². The van der Waals surface area contributed by atoms with Crippen LogP contribution in [0.3, 0.4) is 0 Å². The molecule has 0 aliphatic carbocycles. The molecule has 0 saturated heterocycles. The predicted octanol–water partition coefficient (Wildman–Crippen LogP) is 1.05. The van der Waals surface area contributed by atoms with E-state index >= 15 is 0 Å². The first-order chi connectivity index (χ1) is 9.25. The number of hydrogen-bond donors (Lipinski definition) is 5. The molecule has 7 nitrogen and oxygen atoms in total. The molecule has 0 fully saturated rings. The number of benzene rings is 2. The monoisotopic (exact) mass is 298 g/mol. The molecule has 5 N–H and O–H groups in total. The Bertz CT molecular complexity index is 737. The van der Waals surface area contributed by atoms with E-state index in [0.29, 0.717) is 12.1 Å². The lowest BCUT2D eigenvalue weighted by Crippen LogP contribution is -2.03. The van der Waals surface area contributed by atoms with Crippen molar-refractivity contribution < 1.29 is 34.0 Å². The molecule has 8 heteroatoms. The van der Waals surface area contributed by atoms with Crippen molar-refractivity contribution in [2.75, 3.05) is 0 Å². The SMILES string of the molecule is O=S(=O)(c1cc(O)c(O)c(O)c1)c1c(O)cccc1O. The lowest BCUT2D eigenvalue weighted by atomic mass is 10.3. The summed E-state index contributed by atoms with van der Waals surface area (Å²) in [7, 11) is -4.39. The number of hydrogen-bond acceptors (Lipinski definition) is 7. The first kappa shape index (κ1) is 13.8. The van der Waals surface area contributed by atoms with Gasteiger partial charge in [-0.15, -0.1) is 0 Å². The maximum atomic E-state index is 12.3. The van der Waals surface area contributed by atoms with Gasteiger partial charge < -0.3 is 25.5 Å². The van der Waals surface area contributed by atoms with Crippen LogP contribution in [0.5, 0.6) is 28.7 Å². The molecule has 2 aromatic rings. The van der Waals surface area contributed by atoms with Crippen molar-refractivity contribution in [3.8, 4) is 28.7 Å². The van der Waals surface area contributed by atoms with Crippen molar-refractivity contribution in [3.05, 3.63) is 30.3 Å². The molecule has 0 bridgehead atoms. The summed E-state index contributed by atoms with van der Waals surface area (Å²) < 4.78 is 24.5. The van der Waals surface area contributed by atoms with Crippen LogP contribution in [0.25, 0.3) is 0 Å². The Labute approximate surface area is 113 Å². The van der Waals surface area contributed by atoms with E-state index in [4.69, 9.17) is 0 Å². The van der Waals surface area contributed by atoms with Gasteiger partial charge in [0.05, 0.1) is 4.90 Å². The van der Waals surface area contributed by atoms with E-state index < -0.39 is 48.4 Å². The van der Waals surface area contributed by atoms with Crippen molar-refractivity contribution in [3.63, 3.8) is 0 Å². The van der Waals surface area contributed by atoms with Crippen LogP contribution in [0.4, 0.5) is 0 Å². The van der Waals surface area contributed by atoms with Gasteiger partial charge in [0.25, 0.3) is 0 Å². The van der Waals surface area contributed by atoms with Gasteiger partial charge in [-0.25, -0.2) is 8.42 Å². The van der Waals surface area contributed by atoms with E-state index in [2.05, 4.69) is 0 Å². The van der Waals surface area contributed by atoms with E-state index in [1.807, 2.05) is 0 Å². The van der Waals surface area contributed by atoms with E-state index in [1.54, 1.807) is 0 Å². The molecule has 0 heterocycles. The Morgan fingerprint density at radius 1 is 0.750 bits per heavy atom. The molecular formula is C12H10O7S. The molecule has 0 aromatic heterocycles. The fourth-order valence-corrected chi connectivity index (χ4v) is 3.10. The van der Waals surface area contributed by atoms with Crippen LogP contribution >= 0.6 is 0 Å². The number of aromatic hydroxyl groups is 5. The van der Waals surface area contributed by atoms with Crippen molar-refractivity contribution >= 4 is 9.84 Å². The first-order valence-corrected chi connectivity index (χ1v) is 6.74. The number of sulfone groups is 1. The predicted molar refractivity (Wildman–Crippen MR) is 66.7 cm³/mol. The Morgan fingerprint density at radius 3 is 1.65 bits per heavy atom. The zero-order chi connectivity index (χ0) is 15.1. The van der Waals surface area contributed by atoms with Gasteiger partial charge in [0.1, 0.15) is 11.5 Å². The summed E-state index contributed by atoms with van der Waals surface area (Å²) in [6, 6.07) is 4.75. The average molecular weight is 298 g/mol. The average Bonchev–Trinajstić information content (AvgIpc) is 2.34. The van der Waals surface area contributed by atoms with Crippen molar-refractivity contribution in [1.82, 2.24) is 0 Å². The van der Waals surface area contributed by atoms with Crippen molar-refractivity contribution in [1.29, 1.82) is 0 Å². The highest BCUT2D eigenvalue weighted by atomic mass is 32.2. The zero-order valence-electron chi connectivity index (χ0n) is 9.85. The van der Waals surface area contributed by atoms with E-state index in [0.717, 1.165) is 12.1 Å². The van der Waals surface area contributed by atoms with Crippen molar-refractivity contribution in [2.24, 2.45) is 0 Å². The fraction of sp³-hybridized carbons (Fsp3) is 0. The molecule has 0 amide bonds. The smallest absolute Gasteiger partial charge is 0.214 e. The van der Waals surface area contributed by atoms with E-state index in [9.17, 15) is 34.0 Å². The summed E-state index contributed by atoms with van der Waals surface area (Å²) in [5.41, 5.74) is 0. The molecule has 0 unspecified atom stereocenters. The molecule has 0 aliphatic rings. The summed E-state index contributed by atoms with van der Waals surface area (Å²) in [5, 5.41) is 47.0. The number of rotatable bonds is 2. The normalized spacial score (nSPS) is 11.4. The summed E-state index contributed by atoms with van der Waals surface area (Å²) in [5.74, 6) is -3.93. The lowest BCUT2D eigenvalue weighted by Gasteiger charge is -2.10. The van der Waals surface area contributed by atoms with E-state index in [-0.39, 0.29) is 0 Å². The highest BCUT2D eigenvalue weighted by Gasteiger charge is 2.27. The molecule has 0 saturated carbocycles. The highest BCUT2D eigenvalue weighted by molar-refractivity contribution is 7.91. The minimum atomic E-state index is -4.39. The first-order valence-electron chi connectivity index (χ1n) is 5.26. The topological polar surface area (TPSA) is 135 Å². The minimum Gasteiger partial charge on any atom is -0.506 e.